The largest absolute Gasteiger partial charge is 0.382 e. The van der Waals surface area contributed by atoms with Gasteiger partial charge in [0, 0.05) is 6.20 Å². The number of carbonyl (C=O) groups is 1. The summed E-state index contributed by atoms with van der Waals surface area (Å²) in [6.45, 7) is 2.42. The summed E-state index contributed by atoms with van der Waals surface area (Å²) in [5.41, 5.74) is 7.63. The Morgan fingerprint density at radius 3 is 2.84 bits per heavy atom. The molecule has 0 atom stereocenters. The van der Waals surface area contributed by atoms with Gasteiger partial charge in [0.1, 0.15) is 11.5 Å². The van der Waals surface area contributed by atoms with Crippen LogP contribution < -0.4 is 11.1 Å². The summed E-state index contributed by atoms with van der Waals surface area (Å²) in [6, 6.07) is 3.88. The third-order valence-corrected chi connectivity index (χ3v) is 2.69. The van der Waals surface area contributed by atoms with E-state index < -0.39 is 0 Å². The van der Waals surface area contributed by atoms with Gasteiger partial charge in [0.15, 0.2) is 0 Å². The molecule has 6 heteroatoms. The van der Waals surface area contributed by atoms with Gasteiger partial charge in [0.05, 0.1) is 24.6 Å². The molecule has 0 aliphatic heterocycles. The summed E-state index contributed by atoms with van der Waals surface area (Å²) < 4.78 is 0. The number of aromatic nitrogens is 3. The van der Waals surface area contributed by atoms with Gasteiger partial charge >= 0.3 is 0 Å². The van der Waals surface area contributed by atoms with Crippen molar-refractivity contribution in [2.75, 3.05) is 5.73 Å². The van der Waals surface area contributed by atoms with Crippen molar-refractivity contribution in [3.63, 3.8) is 0 Å². The van der Waals surface area contributed by atoms with Crippen LogP contribution in [0.3, 0.4) is 0 Å². The molecular weight excluding hydrogens is 242 g/mol. The van der Waals surface area contributed by atoms with Crippen LogP contribution in [0.2, 0.25) is 0 Å². The number of hydrogen-bond acceptors (Lipinski definition) is 5. The van der Waals surface area contributed by atoms with Crippen molar-refractivity contribution in [3.8, 4) is 0 Å². The monoisotopic (exact) mass is 257 g/mol. The second-order valence-corrected chi connectivity index (χ2v) is 3.97. The Morgan fingerprint density at radius 2 is 2.16 bits per heavy atom. The molecule has 98 valence electrons. The highest BCUT2D eigenvalue weighted by molar-refractivity contribution is 5.91. The molecule has 0 saturated carbocycles. The zero-order valence-corrected chi connectivity index (χ0v) is 10.6. The molecule has 2 aromatic rings. The second kappa shape index (κ2) is 5.90. The third-order valence-electron chi connectivity index (χ3n) is 2.69. The van der Waals surface area contributed by atoms with Gasteiger partial charge in [-0.2, -0.15) is 0 Å². The SMILES string of the molecule is CCc1cccnc1CNC(=O)c1cnc(N)cn1. The number of rotatable bonds is 4. The van der Waals surface area contributed by atoms with Crippen LogP contribution in [0.4, 0.5) is 5.82 Å². The average molecular weight is 257 g/mol. The van der Waals surface area contributed by atoms with Gasteiger partial charge in [0.2, 0.25) is 0 Å². The molecule has 2 rings (SSSR count). The summed E-state index contributed by atoms with van der Waals surface area (Å²) in [4.78, 5) is 23.8. The molecule has 19 heavy (non-hydrogen) atoms. The van der Waals surface area contributed by atoms with E-state index in [-0.39, 0.29) is 17.4 Å². The predicted molar refractivity (Wildman–Crippen MR) is 71.2 cm³/mol. The van der Waals surface area contributed by atoms with Crippen LogP contribution in [-0.2, 0) is 13.0 Å². The number of aryl methyl sites for hydroxylation is 1. The van der Waals surface area contributed by atoms with Crippen LogP contribution in [0.5, 0.6) is 0 Å². The van der Waals surface area contributed by atoms with Crippen LogP contribution in [0, 0.1) is 0 Å². The molecule has 2 aromatic heterocycles. The van der Waals surface area contributed by atoms with Crippen LogP contribution in [0.1, 0.15) is 28.7 Å². The summed E-state index contributed by atoms with van der Waals surface area (Å²) in [5, 5.41) is 2.76. The number of anilines is 1. The Balaban J connectivity index is 2.02. The maximum Gasteiger partial charge on any atom is 0.271 e. The van der Waals surface area contributed by atoms with Crippen molar-refractivity contribution < 1.29 is 4.79 Å². The van der Waals surface area contributed by atoms with E-state index in [2.05, 4.69) is 20.3 Å². The van der Waals surface area contributed by atoms with Gasteiger partial charge in [-0.15, -0.1) is 0 Å². The fourth-order valence-electron chi connectivity index (χ4n) is 1.66. The number of carbonyl (C=O) groups excluding carboxylic acids is 1. The maximum atomic E-state index is 11.8. The Labute approximate surface area is 111 Å². The minimum absolute atomic E-state index is 0.239. The predicted octanol–water partition coefficient (Wildman–Crippen LogP) is 0.946. The fraction of sp³-hybridized carbons (Fsp3) is 0.231. The summed E-state index contributed by atoms with van der Waals surface area (Å²) in [6.07, 6.45) is 5.29. The molecule has 0 radical (unpaired) electrons. The van der Waals surface area contributed by atoms with Gasteiger partial charge in [-0.05, 0) is 18.1 Å². The number of nitrogens with two attached hydrogens (primary N) is 1. The van der Waals surface area contributed by atoms with Crippen LogP contribution in [0.15, 0.2) is 30.7 Å². The van der Waals surface area contributed by atoms with Gasteiger partial charge in [0.25, 0.3) is 5.91 Å². The molecule has 0 aromatic carbocycles. The van der Waals surface area contributed by atoms with Crippen molar-refractivity contribution in [3.05, 3.63) is 47.7 Å². The fourth-order valence-corrected chi connectivity index (χ4v) is 1.66. The standard InChI is InChI=1S/C13H15N5O/c1-2-9-4-3-5-15-10(9)6-18-13(19)11-7-17-12(14)8-16-11/h3-5,7-8H,2,6H2,1H3,(H2,14,17)(H,18,19). The van der Waals surface area contributed by atoms with Gasteiger partial charge in [-0.3, -0.25) is 9.78 Å². The Hall–Kier alpha value is -2.50. The highest BCUT2D eigenvalue weighted by Gasteiger charge is 2.08. The van der Waals surface area contributed by atoms with Crippen LogP contribution >= 0.6 is 0 Å². The molecule has 1 amide bonds. The number of nitrogen functional groups attached to an aromatic ring is 1. The summed E-state index contributed by atoms with van der Waals surface area (Å²) in [7, 11) is 0. The molecule has 3 N–H and O–H groups in total. The highest BCUT2D eigenvalue weighted by atomic mass is 16.1. The molecule has 0 spiro atoms. The second-order valence-electron chi connectivity index (χ2n) is 3.97. The first-order valence-corrected chi connectivity index (χ1v) is 5.99. The first kappa shape index (κ1) is 12.9. The molecule has 0 aliphatic rings. The van der Waals surface area contributed by atoms with Gasteiger partial charge < -0.3 is 11.1 Å². The highest BCUT2D eigenvalue weighted by Crippen LogP contribution is 2.06. The zero-order valence-electron chi connectivity index (χ0n) is 10.6. The van der Waals surface area contributed by atoms with E-state index in [1.165, 1.54) is 12.4 Å². The van der Waals surface area contributed by atoms with E-state index >= 15 is 0 Å². The normalized spacial score (nSPS) is 10.2. The molecule has 0 unspecified atom stereocenters. The molecular formula is C13H15N5O. The maximum absolute atomic E-state index is 11.8. The molecule has 6 nitrogen and oxygen atoms in total. The van der Waals surface area contributed by atoms with E-state index in [4.69, 9.17) is 5.73 Å². The minimum atomic E-state index is -0.291. The Bertz CT molecular complexity index is 568. The van der Waals surface area contributed by atoms with Crippen molar-refractivity contribution in [1.82, 2.24) is 20.3 Å². The Morgan fingerprint density at radius 1 is 1.32 bits per heavy atom. The van der Waals surface area contributed by atoms with Crippen molar-refractivity contribution in [2.24, 2.45) is 0 Å². The van der Waals surface area contributed by atoms with Crippen LogP contribution in [-0.4, -0.2) is 20.9 Å². The van der Waals surface area contributed by atoms with Crippen molar-refractivity contribution in [2.45, 2.75) is 19.9 Å². The minimum Gasteiger partial charge on any atom is -0.382 e. The lowest BCUT2D eigenvalue weighted by atomic mass is 10.1. The van der Waals surface area contributed by atoms with E-state index in [0.717, 1.165) is 17.7 Å². The zero-order chi connectivity index (χ0) is 13.7. The van der Waals surface area contributed by atoms with E-state index in [1.54, 1.807) is 6.20 Å². The first-order chi connectivity index (χ1) is 9.20. The van der Waals surface area contributed by atoms with Crippen LogP contribution in [0.25, 0.3) is 0 Å². The summed E-state index contributed by atoms with van der Waals surface area (Å²) >= 11 is 0. The topological polar surface area (TPSA) is 93.8 Å². The quantitative estimate of drug-likeness (QED) is 0.850. The smallest absolute Gasteiger partial charge is 0.271 e. The van der Waals surface area contributed by atoms with E-state index in [1.807, 2.05) is 19.1 Å². The lowest BCUT2D eigenvalue weighted by Gasteiger charge is -2.07. The first-order valence-electron chi connectivity index (χ1n) is 5.99. The van der Waals surface area contributed by atoms with Gasteiger partial charge in [-0.25, -0.2) is 9.97 Å². The molecule has 2 heterocycles. The number of pyridine rings is 1. The van der Waals surface area contributed by atoms with E-state index in [0.29, 0.717) is 6.54 Å². The van der Waals surface area contributed by atoms with Crippen molar-refractivity contribution in [1.29, 1.82) is 0 Å². The lowest BCUT2D eigenvalue weighted by Crippen LogP contribution is -2.25. The number of nitrogens with one attached hydrogen (secondary N) is 1. The molecule has 0 fully saturated rings. The Kier molecular flexibility index (Phi) is 4.02. The average Bonchev–Trinajstić information content (AvgIpc) is 2.45. The molecule has 0 aliphatic carbocycles. The van der Waals surface area contributed by atoms with Crippen molar-refractivity contribution >= 4 is 11.7 Å². The number of amides is 1. The summed E-state index contributed by atoms with van der Waals surface area (Å²) in [5.74, 6) is -0.00486. The number of nitrogens with zero attached hydrogens (tertiary/aromatic N) is 3. The van der Waals surface area contributed by atoms with Gasteiger partial charge in [-0.1, -0.05) is 13.0 Å². The molecule has 0 saturated heterocycles. The molecule has 0 bridgehead atoms. The van der Waals surface area contributed by atoms with E-state index in [9.17, 15) is 4.79 Å². The number of hydrogen-bond donors (Lipinski definition) is 2. The lowest BCUT2D eigenvalue weighted by molar-refractivity contribution is 0.0945. The third kappa shape index (κ3) is 3.25.